The molecule has 0 fully saturated rings. The van der Waals surface area contributed by atoms with E-state index in [1.807, 2.05) is 11.0 Å². The van der Waals surface area contributed by atoms with Crippen molar-refractivity contribution in [1.82, 2.24) is 0 Å². The second kappa shape index (κ2) is 3.38. The number of nitrogens with zero attached hydrogens (tertiary/aromatic N) is 2. The van der Waals surface area contributed by atoms with Gasteiger partial charge >= 0.3 is 0 Å². The molecule has 2 rings (SSSR count). The summed E-state index contributed by atoms with van der Waals surface area (Å²) in [5.41, 5.74) is 2.55. The third-order valence-electron chi connectivity index (χ3n) is 2.55. The summed E-state index contributed by atoms with van der Waals surface area (Å²) in [5.74, 6) is 0. The number of benzene rings is 1. The molecule has 14 heavy (non-hydrogen) atoms. The average Bonchev–Trinajstić information content (AvgIpc) is 2.59. The first-order chi connectivity index (χ1) is 6.72. The lowest BCUT2D eigenvalue weighted by Crippen LogP contribution is -2.30. The van der Waals surface area contributed by atoms with Gasteiger partial charge in [0.15, 0.2) is 0 Å². The van der Waals surface area contributed by atoms with Gasteiger partial charge in [0.05, 0.1) is 0 Å². The molecule has 0 aromatic heterocycles. The largest absolute Gasteiger partial charge is 0.374 e. The summed E-state index contributed by atoms with van der Waals surface area (Å²) in [6.07, 6.45) is 0.384. The Bertz CT molecular complexity index is 363. The van der Waals surface area contributed by atoms with Crippen LogP contribution in [0.3, 0.4) is 0 Å². The molecular formula is C10H12N2O2. The van der Waals surface area contributed by atoms with Gasteiger partial charge in [-0.05, 0) is 42.3 Å². The molecule has 0 saturated carbocycles. The fraction of sp³-hybridized carbons (Fsp3) is 0.400. The van der Waals surface area contributed by atoms with Crippen LogP contribution in [0.4, 0.5) is 11.4 Å². The van der Waals surface area contributed by atoms with Crippen LogP contribution in [0.1, 0.15) is 12.5 Å². The molecule has 1 aliphatic rings. The van der Waals surface area contributed by atoms with Crippen molar-refractivity contribution in [1.29, 1.82) is 0 Å². The van der Waals surface area contributed by atoms with Crippen molar-refractivity contribution in [2.75, 3.05) is 11.4 Å². The number of rotatable bonds is 2. The summed E-state index contributed by atoms with van der Waals surface area (Å²) in [6.45, 7) is 2.54. The van der Waals surface area contributed by atoms with E-state index in [4.69, 9.17) is 0 Å². The van der Waals surface area contributed by atoms with Crippen LogP contribution in [0.5, 0.6) is 0 Å². The second-order valence-corrected chi connectivity index (χ2v) is 3.48. The first-order valence-electron chi connectivity index (χ1n) is 4.63. The van der Waals surface area contributed by atoms with Crippen LogP contribution in [0.2, 0.25) is 0 Å². The molecule has 1 heterocycles. The van der Waals surface area contributed by atoms with Crippen molar-refractivity contribution in [2.24, 2.45) is 5.18 Å². The van der Waals surface area contributed by atoms with Crippen molar-refractivity contribution < 1.29 is 5.11 Å². The predicted octanol–water partition coefficient (Wildman–Crippen LogP) is 1.79. The molecule has 0 saturated heterocycles. The molecule has 1 aromatic rings. The van der Waals surface area contributed by atoms with Crippen LogP contribution >= 0.6 is 0 Å². The Morgan fingerprint density at radius 2 is 2.36 bits per heavy atom. The first kappa shape index (κ1) is 9.15. The molecule has 74 valence electrons. The van der Waals surface area contributed by atoms with Crippen LogP contribution in [0.15, 0.2) is 23.4 Å². The van der Waals surface area contributed by atoms with Crippen LogP contribution in [-0.4, -0.2) is 17.9 Å². The number of hydrogen-bond acceptors (Lipinski definition) is 4. The fourth-order valence-corrected chi connectivity index (χ4v) is 1.86. The highest BCUT2D eigenvalue weighted by Crippen LogP contribution is 2.32. The van der Waals surface area contributed by atoms with Gasteiger partial charge in [-0.25, -0.2) is 0 Å². The lowest BCUT2D eigenvalue weighted by Gasteiger charge is -2.22. The number of nitroso groups, excluding NO2 is 1. The molecule has 4 nitrogen and oxygen atoms in total. The van der Waals surface area contributed by atoms with Gasteiger partial charge in [0, 0.05) is 12.2 Å². The molecule has 1 N–H and O–H groups in total. The summed E-state index contributed by atoms with van der Waals surface area (Å²) in [7, 11) is 0. The lowest BCUT2D eigenvalue weighted by atomic mass is 10.1. The van der Waals surface area contributed by atoms with Crippen LogP contribution in [0.25, 0.3) is 0 Å². The number of aliphatic hydroxyl groups is 1. The minimum atomic E-state index is -0.480. The molecule has 0 spiro atoms. The van der Waals surface area contributed by atoms with Gasteiger partial charge in [0.25, 0.3) is 0 Å². The highest BCUT2D eigenvalue weighted by molar-refractivity contribution is 5.62. The number of fused-ring (bicyclic) bond motifs is 1. The number of aliphatic hydroxyl groups excluding tert-OH is 1. The van der Waals surface area contributed by atoms with Crippen molar-refractivity contribution in [3.63, 3.8) is 0 Å². The molecule has 0 aliphatic carbocycles. The average molecular weight is 192 g/mol. The molecular weight excluding hydrogens is 180 g/mol. The Labute approximate surface area is 82.1 Å². The highest BCUT2D eigenvalue weighted by Gasteiger charge is 2.22. The standard InChI is InChI=1S/C10H12N2O2/c1-7(13)12-5-4-8-6-9(11-14)2-3-10(8)12/h2-3,6-7,13H,4-5H2,1H3. The summed E-state index contributed by atoms with van der Waals surface area (Å²) < 4.78 is 0. The Morgan fingerprint density at radius 3 is 3.00 bits per heavy atom. The van der Waals surface area contributed by atoms with Gasteiger partial charge in [-0.15, -0.1) is 4.91 Å². The van der Waals surface area contributed by atoms with Gasteiger partial charge in [0.2, 0.25) is 0 Å². The van der Waals surface area contributed by atoms with Gasteiger partial charge in [-0.1, -0.05) is 0 Å². The van der Waals surface area contributed by atoms with E-state index in [1.54, 1.807) is 19.1 Å². The minimum absolute atomic E-state index is 0.455. The van der Waals surface area contributed by atoms with Gasteiger partial charge in [-0.2, -0.15) is 0 Å². The van der Waals surface area contributed by atoms with Gasteiger partial charge < -0.3 is 10.0 Å². The van der Waals surface area contributed by atoms with E-state index in [-0.39, 0.29) is 0 Å². The summed E-state index contributed by atoms with van der Waals surface area (Å²) in [5, 5.41) is 12.4. The summed E-state index contributed by atoms with van der Waals surface area (Å²) in [4.78, 5) is 12.2. The SMILES string of the molecule is CC(O)N1CCc2cc(N=O)ccc21. The Balaban J connectivity index is 2.38. The maximum absolute atomic E-state index is 10.3. The number of anilines is 1. The van der Waals surface area contributed by atoms with E-state index < -0.39 is 6.23 Å². The first-order valence-corrected chi connectivity index (χ1v) is 4.63. The smallest absolute Gasteiger partial charge is 0.124 e. The molecule has 4 heteroatoms. The second-order valence-electron chi connectivity index (χ2n) is 3.48. The van der Waals surface area contributed by atoms with E-state index in [9.17, 15) is 10.0 Å². The molecule has 1 atom stereocenters. The molecule has 0 bridgehead atoms. The third-order valence-corrected chi connectivity index (χ3v) is 2.55. The van der Waals surface area contributed by atoms with Crippen molar-refractivity contribution in [2.45, 2.75) is 19.6 Å². The molecule has 1 unspecified atom stereocenters. The maximum atomic E-state index is 10.3. The molecule has 1 aromatic carbocycles. The molecule has 0 amide bonds. The normalized spacial score (nSPS) is 16.6. The van der Waals surface area contributed by atoms with Crippen LogP contribution in [-0.2, 0) is 6.42 Å². The Kier molecular flexibility index (Phi) is 2.21. The van der Waals surface area contributed by atoms with Crippen molar-refractivity contribution in [3.05, 3.63) is 28.7 Å². The monoisotopic (exact) mass is 192 g/mol. The van der Waals surface area contributed by atoms with E-state index >= 15 is 0 Å². The van der Waals surface area contributed by atoms with E-state index in [2.05, 4.69) is 5.18 Å². The predicted molar refractivity (Wildman–Crippen MR) is 54.6 cm³/mol. The lowest BCUT2D eigenvalue weighted by molar-refractivity contribution is 0.191. The minimum Gasteiger partial charge on any atom is -0.374 e. The van der Waals surface area contributed by atoms with Crippen molar-refractivity contribution >= 4 is 11.4 Å². The van der Waals surface area contributed by atoms with Crippen LogP contribution in [0, 0.1) is 4.91 Å². The summed E-state index contributed by atoms with van der Waals surface area (Å²) in [6, 6.07) is 5.29. The fourth-order valence-electron chi connectivity index (χ4n) is 1.86. The van der Waals surface area contributed by atoms with Gasteiger partial charge in [0.1, 0.15) is 11.9 Å². The van der Waals surface area contributed by atoms with Gasteiger partial charge in [-0.3, -0.25) is 0 Å². The van der Waals surface area contributed by atoms with Crippen molar-refractivity contribution in [3.8, 4) is 0 Å². The zero-order valence-corrected chi connectivity index (χ0v) is 7.97. The van der Waals surface area contributed by atoms with Crippen LogP contribution < -0.4 is 4.90 Å². The maximum Gasteiger partial charge on any atom is 0.124 e. The van der Waals surface area contributed by atoms with E-state index in [0.717, 1.165) is 24.2 Å². The zero-order chi connectivity index (χ0) is 10.1. The van der Waals surface area contributed by atoms with E-state index in [0.29, 0.717) is 5.69 Å². The summed E-state index contributed by atoms with van der Waals surface area (Å²) >= 11 is 0. The Hall–Kier alpha value is -1.42. The quantitative estimate of drug-likeness (QED) is 0.727. The number of hydrogen-bond donors (Lipinski definition) is 1. The zero-order valence-electron chi connectivity index (χ0n) is 7.97. The highest BCUT2D eigenvalue weighted by atomic mass is 16.3. The van der Waals surface area contributed by atoms with E-state index in [1.165, 1.54) is 0 Å². The molecule has 0 radical (unpaired) electrons. The molecule has 1 aliphatic heterocycles. The topological polar surface area (TPSA) is 52.9 Å². The Morgan fingerprint density at radius 1 is 1.57 bits per heavy atom. The third kappa shape index (κ3) is 1.37.